The second-order valence-electron chi connectivity index (χ2n) is 4.12. The molecule has 0 saturated heterocycles. The molecule has 0 aromatic carbocycles. The van der Waals surface area contributed by atoms with Crippen LogP contribution < -0.4 is 5.32 Å². The maximum absolute atomic E-state index is 6.01. The topological polar surface area (TPSA) is 55.6 Å². The first-order chi connectivity index (χ1) is 8.66. The van der Waals surface area contributed by atoms with Gasteiger partial charge in [-0.1, -0.05) is 11.6 Å². The van der Waals surface area contributed by atoms with Crippen molar-refractivity contribution in [3.05, 3.63) is 35.3 Å². The second kappa shape index (κ2) is 5.82. The highest BCUT2D eigenvalue weighted by Gasteiger charge is 2.06. The summed E-state index contributed by atoms with van der Waals surface area (Å²) in [6.07, 6.45) is 6.55. The average molecular weight is 266 g/mol. The second-order valence-corrected chi connectivity index (χ2v) is 4.47. The fraction of sp³-hybridized carbons (Fsp3) is 0.417. The van der Waals surface area contributed by atoms with Crippen molar-refractivity contribution in [3.63, 3.8) is 0 Å². The van der Waals surface area contributed by atoms with Crippen LogP contribution in [0.4, 0.5) is 5.82 Å². The van der Waals surface area contributed by atoms with Crippen LogP contribution in [0.25, 0.3) is 0 Å². The molecular weight excluding hydrogens is 250 g/mol. The van der Waals surface area contributed by atoms with Crippen LogP contribution in [0, 0.1) is 13.8 Å². The summed E-state index contributed by atoms with van der Waals surface area (Å²) in [7, 11) is 0. The molecule has 0 atom stereocenters. The first kappa shape index (κ1) is 12.8. The third kappa shape index (κ3) is 3.20. The van der Waals surface area contributed by atoms with Crippen LogP contribution in [0.5, 0.6) is 0 Å². The largest absolute Gasteiger partial charge is 0.370 e. The Morgan fingerprint density at radius 3 is 2.89 bits per heavy atom. The van der Waals surface area contributed by atoms with E-state index in [1.54, 1.807) is 6.20 Å². The van der Waals surface area contributed by atoms with Gasteiger partial charge in [0.25, 0.3) is 0 Å². The smallest absolute Gasteiger partial charge is 0.137 e. The first-order valence-electron chi connectivity index (χ1n) is 5.87. The number of anilines is 1. The van der Waals surface area contributed by atoms with Crippen molar-refractivity contribution in [1.29, 1.82) is 0 Å². The lowest BCUT2D eigenvalue weighted by Crippen LogP contribution is -2.09. The lowest BCUT2D eigenvalue weighted by Gasteiger charge is -2.10. The molecule has 6 heteroatoms. The number of aryl methyl sites for hydroxylation is 2. The van der Waals surface area contributed by atoms with Gasteiger partial charge in [-0.25, -0.2) is 15.0 Å². The normalized spacial score (nSPS) is 10.6. The minimum Gasteiger partial charge on any atom is -0.370 e. The van der Waals surface area contributed by atoms with Crippen molar-refractivity contribution in [2.24, 2.45) is 0 Å². The minimum absolute atomic E-state index is 0.514. The van der Waals surface area contributed by atoms with E-state index in [1.807, 2.05) is 30.9 Å². The Hall–Kier alpha value is -1.62. The molecule has 2 rings (SSSR count). The number of nitrogens with one attached hydrogen (secondary N) is 1. The quantitative estimate of drug-likeness (QED) is 0.666. The third-order valence-electron chi connectivity index (χ3n) is 2.64. The van der Waals surface area contributed by atoms with Gasteiger partial charge in [-0.3, -0.25) is 0 Å². The zero-order chi connectivity index (χ0) is 13.0. The summed E-state index contributed by atoms with van der Waals surface area (Å²) in [5.41, 5.74) is 0.893. The van der Waals surface area contributed by atoms with Gasteiger partial charge in [-0.05, 0) is 20.3 Å². The van der Waals surface area contributed by atoms with E-state index in [-0.39, 0.29) is 0 Å². The molecule has 2 aromatic rings. The molecule has 0 bridgehead atoms. The Bertz CT molecular complexity index is 509. The molecule has 0 aliphatic heterocycles. The maximum Gasteiger partial charge on any atom is 0.137 e. The molecule has 0 unspecified atom stereocenters. The molecule has 2 aromatic heterocycles. The van der Waals surface area contributed by atoms with E-state index in [0.29, 0.717) is 11.0 Å². The lowest BCUT2D eigenvalue weighted by molar-refractivity contribution is 0.659. The van der Waals surface area contributed by atoms with Gasteiger partial charge in [0.1, 0.15) is 16.8 Å². The predicted octanol–water partition coefficient (Wildman–Crippen LogP) is 2.45. The molecule has 0 aliphatic carbocycles. The van der Waals surface area contributed by atoms with Crippen LogP contribution in [-0.2, 0) is 6.54 Å². The molecule has 1 N–H and O–H groups in total. The van der Waals surface area contributed by atoms with Crippen LogP contribution in [0.2, 0.25) is 5.15 Å². The Morgan fingerprint density at radius 1 is 1.33 bits per heavy atom. The molecule has 18 heavy (non-hydrogen) atoms. The number of hydrogen-bond acceptors (Lipinski definition) is 4. The summed E-state index contributed by atoms with van der Waals surface area (Å²) in [5.74, 6) is 1.50. The molecular formula is C12H16ClN5. The van der Waals surface area contributed by atoms with Crippen molar-refractivity contribution in [3.8, 4) is 0 Å². The van der Waals surface area contributed by atoms with E-state index < -0.39 is 0 Å². The highest BCUT2D eigenvalue weighted by atomic mass is 35.5. The molecule has 0 amide bonds. The number of nitrogens with zero attached hydrogens (tertiary/aromatic N) is 4. The van der Waals surface area contributed by atoms with Gasteiger partial charge < -0.3 is 9.88 Å². The maximum atomic E-state index is 6.01. The SMILES string of the molecule is Cc1nc(Cl)c(C)c(NCCCn2ccnc2)n1. The van der Waals surface area contributed by atoms with Gasteiger partial charge in [0.05, 0.1) is 6.33 Å². The Balaban J connectivity index is 1.86. The van der Waals surface area contributed by atoms with Crippen molar-refractivity contribution in [2.75, 3.05) is 11.9 Å². The van der Waals surface area contributed by atoms with E-state index in [9.17, 15) is 0 Å². The van der Waals surface area contributed by atoms with Gasteiger partial charge in [0.2, 0.25) is 0 Å². The molecule has 96 valence electrons. The van der Waals surface area contributed by atoms with Gasteiger partial charge in [-0.2, -0.15) is 0 Å². The van der Waals surface area contributed by atoms with Crippen LogP contribution in [0.3, 0.4) is 0 Å². The fourth-order valence-corrected chi connectivity index (χ4v) is 1.87. The van der Waals surface area contributed by atoms with E-state index >= 15 is 0 Å². The van der Waals surface area contributed by atoms with Gasteiger partial charge in [0.15, 0.2) is 0 Å². The summed E-state index contributed by atoms with van der Waals surface area (Å²) >= 11 is 6.01. The number of imidazole rings is 1. The summed E-state index contributed by atoms with van der Waals surface area (Å²) in [6, 6.07) is 0. The number of hydrogen-bond donors (Lipinski definition) is 1. The van der Waals surface area contributed by atoms with Crippen LogP contribution in [-0.4, -0.2) is 26.1 Å². The van der Waals surface area contributed by atoms with E-state index in [2.05, 4.69) is 20.3 Å². The molecule has 0 fully saturated rings. The van der Waals surface area contributed by atoms with E-state index in [4.69, 9.17) is 11.6 Å². The van der Waals surface area contributed by atoms with E-state index in [0.717, 1.165) is 30.9 Å². The summed E-state index contributed by atoms with van der Waals surface area (Å²) in [5, 5.41) is 3.80. The zero-order valence-corrected chi connectivity index (χ0v) is 11.3. The Kier molecular flexibility index (Phi) is 4.15. The molecule has 2 heterocycles. The predicted molar refractivity (Wildman–Crippen MR) is 71.8 cm³/mol. The van der Waals surface area contributed by atoms with Gasteiger partial charge in [-0.15, -0.1) is 0 Å². The zero-order valence-electron chi connectivity index (χ0n) is 10.5. The standard InChI is InChI=1S/C12H16ClN5/c1-9-11(13)16-10(2)17-12(9)15-4-3-6-18-7-5-14-8-18/h5,7-8H,3-4,6H2,1-2H3,(H,15,16,17). The van der Waals surface area contributed by atoms with Crippen molar-refractivity contribution >= 4 is 17.4 Å². The minimum atomic E-state index is 0.514. The van der Waals surface area contributed by atoms with Crippen LogP contribution >= 0.6 is 11.6 Å². The molecule has 0 spiro atoms. The highest BCUT2D eigenvalue weighted by Crippen LogP contribution is 2.19. The van der Waals surface area contributed by atoms with Gasteiger partial charge >= 0.3 is 0 Å². The monoisotopic (exact) mass is 265 g/mol. The van der Waals surface area contributed by atoms with E-state index in [1.165, 1.54) is 0 Å². The summed E-state index contributed by atoms with van der Waals surface area (Å²) in [6.45, 7) is 5.53. The lowest BCUT2D eigenvalue weighted by atomic mass is 10.3. The number of halogens is 1. The summed E-state index contributed by atoms with van der Waals surface area (Å²) in [4.78, 5) is 12.4. The molecule has 0 aliphatic rings. The molecule has 0 radical (unpaired) electrons. The molecule has 0 saturated carbocycles. The van der Waals surface area contributed by atoms with Crippen molar-refractivity contribution < 1.29 is 0 Å². The number of aromatic nitrogens is 4. The fourth-order valence-electron chi connectivity index (χ4n) is 1.65. The van der Waals surface area contributed by atoms with Gasteiger partial charge in [0, 0.05) is 31.0 Å². The third-order valence-corrected chi connectivity index (χ3v) is 3.01. The van der Waals surface area contributed by atoms with Crippen LogP contribution in [0.15, 0.2) is 18.7 Å². The van der Waals surface area contributed by atoms with Crippen molar-refractivity contribution in [1.82, 2.24) is 19.5 Å². The molecule has 5 nitrogen and oxygen atoms in total. The Morgan fingerprint density at radius 2 is 2.17 bits per heavy atom. The number of rotatable bonds is 5. The highest BCUT2D eigenvalue weighted by molar-refractivity contribution is 6.30. The van der Waals surface area contributed by atoms with Crippen molar-refractivity contribution in [2.45, 2.75) is 26.8 Å². The van der Waals surface area contributed by atoms with Crippen LogP contribution in [0.1, 0.15) is 17.8 Å². The Labute approximate surface area is 111 Å². The first-order valence-corrected chi connectivity index (χ1v) is 6.25. The average Bonchev–Trinajstić information content (AvgIpc) is 2.83. The summed E-state index contributed by atoms with van der Waals surface area (Å²) < 4.78 is 2.05.